The Morgan fingerprint density at radius 2 is 1.56 bits per heavy atom. The van der Waals surface area contributed by atoms with E-state index in [0.717, 1.165) is 0 Å². The highest BCUT2D eigenvalue weighted by atomic mass is 19.4. The molecule has 0 aliphatic carbocycles. The summed E-state index contributed by atoms with van der Waals surface area (Å²) < 4.78 is 74.1. The number of hydrogen-bond acceptors (Lipinski definition) is 3. The number of phenols is 1. The number of hydrogen-bond donors (Lipinski definition) is 1. The molecule has 18 heavy (non-hydrogen) atoms. The first-order chi connectivity index (χ1) is 7.94. The molecule has 1 rings (SSSR count). The molecule has 0 heterocycles. The average molecular weight is 275 g/mol. The summed E-state index contributed by atoms with van der Waals surface area (Å²) in [5.41, 5.74) is -5.94. The molecule has 0 aliphatic rings. The molecule has 10 heteroatoms. The van der Waals surface area contributed by atoms with Crippen LogP contribution in [0.15, 0.2) is 12.1 Å². The molecule has 0 aromatic heterocycles. The molecule has 0 spiro atoms. The maximum atomic E-state index is 12.4. The van der Waals surface area contributed by atoms with Crippen LogP contribution in [-0.4, -0.2) is 10.0 Å². The molecule has 1 aromatic carbocycles. The SMILES string of the molecule is O=[N+]([O-])c1cc(O)c(C(F)(F)F)c(C(F)(F)F)c1. The number of alkyl halides is 6. The van der Waals surface area contributed by atoms with E-state index in [4.69, 9.17) is 5.11 Å². The summed E-state index contributed by atoms with van der Waals surface area (Å²) in [7, 11) is 0. The minimum atomic E-state index is -5.48. The van der Waals surface area contributed by atoms with Crippen molar-refractivity contribution in [2.45, 2.75) is 12.4 Å². The highest BCUT2D eigenvalue weighted by Gasteiger charge is 2.46. The lowest BCUT2D eigenvalue weighted by molar-refractivity contribution is -0.385. The molecule has 0 saturated carbocycles. The summed E-state index contributed by atoms with van der Waals surface area (Å²) in [4.78, 5) is 8.90. The Labute approximate surface area is 94.6 Å². The Kier molecular flexibility index (Phi) is 3.15. The van der Waals surface area contributed by atoms with Crippen molar-refractivity contribution >= 4 is 5.69 Å². The van der Waals surface area contributed by atoms with E-state index in [1.165, 1.54) is 0 Å². The van der Waals surface area contributed by atoms with Gasteiger partial charge in [0.15, 0.2) is 0 Å². The van der Waals surface area contributed by atoms with E-state index in [1.54, 1.807) is 0 Å². The number of halogens is 6. The quantitative estimate of drug-likeness (QED) is 0.485. The molecule has 0 amide bonds. The number of nitro groups is 1. The number of benzene rings is 1. The fourth-order valence-corrected chi connectivity index (χ4v) is 1.24. The molecule has 0 radical (unpaired) electrons. The Morgan fingerprint density at radius 3 is 1.89 bits per heavy atom. The fourth-order valence-electron chi connectivity index (χ4n) is 1.24. The van der Waals surface area contributed by atoms with Gasteiger partial charge in [0.1, 0.15) is 11.3 Å². The van der Waals surface area contributed by atoms with Crippen molar-refractivity contribution < 1.29 is 36.4 Å². The van der Waals surface area contributed by atoms with E-state index >= 15 is 0 Å². The lowest BCUT2D eigenvalue weighted by Gasteiger charge is -2.16. The Morgan fingerprint density at radius 1 is 1.06 bits per heavy atom. The van der Waals surface area contributed by atoms with Crippen LogP contribution in [0.25, 0.3) is 0 Å². The lowest BCUT2D eigenvalue weighted by Crippen LogP contribution is -2.17. The van der Waals surface area contributed by atoms with Crippen molar-refractivity contribution in [1.29, 1.82) is 0 Å². The molecular formula is C8H3F6NO3. The zero-order valence-corrected chi connectivity index (χ0v) is 8.13. The first-order valence-corrected chi connectivity index (χ1v) is 4.10. The zero-order chi connectivity index (χ0) is 14.3. The van der Waals surface area contributed by atoms with Crippen molar-refractivity contribution in [3.63, 3.8) is 0 Å². The first-order valence-electron chi connectivity index (χ1n) is 4.10. The summed E-state index contributed by atoms with van der Waals surface area (Å²) >= 11 is 0. The maximum Gasteiger partial charge on any atom is 0.420 e. The van der Waals surface area contributed by atoms with Gasteiger partial charge in [-0.3, -0.25) is 10.1 Å². The van der Waals surface area contributed by atoms with Gasteiger partial charge in [0.25, 0.3) is 5.69 Å². The van der Waals surface area contributed by atoms with Crippen LogP contribution in [-0.2, 0) is 12.4 Å². The molecule has 0 aliphatic heterocycles. The predicted octanol–water partition coefficient (Wildman–Crippen LogP) is 3.34. The highest BCUT2D eigenvalue weighted by Crippen LogP contribution is 2.46. The second-order valence-corrected chi connectivity index (χ2v) is 3.14. The number of aromatic hydroxyl groups is 1. The highest BCUT2D eigenvalue weighted by molar-refractivity contribution is 5.51. The topological polar surface area (TPSA) is 63.4 Å². The average Bonchev–Trinajstić information content (AvgIpc) is 2.12. The standard InChI is InChI=1S/C8H3F6NO3/c9-7(10,11)4-1-3(15(17)18)2-5(16)6(4)8(12,13)14/h1-2,16H. The van der Waals surface area contributed by atoms with E-state index < -0.39 is 39.8 Å². The number of nitro benzene ring substituents is 1. The number of rotatable bonds is 1. The first kappa shape index (κ1) is 14.1. The monoisotopic (exact) mass is 275 g/mol. The third-order valence-corrected chi connectivity index (χ3v) is 1.90. The van der Waals surface area contributed by atoms with E-state index in [-0.39, 0.29) is 12.1 Å². The van der Waals surface area contributed by atoms with Crippen molar-refractivity contribution in [1.82, 2.24) is 0 Å². The van der Waals surface area contributed by atoms with Crippen molar-refractivity contribution in [2.24, 2.45) is 0 Å². The third kappa shape index (κ3) is 2.63. The Balaban J connectivity index is 3.67. The summed E-state index contributed by atoms with van der Waals surface area (Å²) in [6.07, 6.45) is -11.0. The number of non-ortho nitro benzene ring substituents is 1. The van der Waals surface area contributed by atoms with Gasteiger partial charge >= 0.3 is 12.4 Å². The molecular weight excluding hydrogens is 272 g/mol. The van der Waals surface area contributed by atoms with Crippen molar-refractivity contribution in [2.75, 3.05) is 0 Å². The lowest BCUT2D eigenvalue weighted by atomic mass is 10.0. The Hall–Kier alpha value is -2.00. The summed E-state index contributed by atoms with van der Waals surface area (Å²) in [5, 5.41) is 19.1. The molecule has 4 nitrogen and oxygen atoms in total. The van der Waals surface area contributed by atoms with Gasteiger partial charge < -0.3 is 5.11 Å². The molecule has 0 atom stereocenters. The van der Waals surface area contributed by atoms with E-state index in [2.05, 4.69) is 0 Å². The summed E-state index contributed by atoms with van der Waals surface area (Å²) in [6.45, 7) is 0. The van der Waals surface area contributed by atoms with E-state index in [1.807, 2.05) is 0 Å². The van der Waals surface area contributed by atoms with Crippen LogP contribution in [0.5, 0.6) is 5.75 Å². The minimum Gasteiger partial charge on any atom is -0.507 e. The van der Waals surface area contributed by atoms with Gasteiger partial charge in [0, 0.05) is 6.07 Å². The van der Waals surface area contributed by atoms with Crippen LogP contribution in [0, 0.1) is 10.1 Å². The fraction of sp³-hybridized carbons (Fsp3) is 0.250. The van der Waals surface area contributed by atoms with Crippen molar-refractivity contribution in [3.05, 3.63) is 33.4 Å². The molecule has 0 unspecified atom stereocenters. The van der Waals surface area contributed by atoms with Gasteiger partial charge in [-0.2, -0.15) is 26.3 Å². The third-order valence-electron chi connectivity index (χ3n) is 1.90. The van der Waals surface area contributed by atoms with Crippen LogP contribution in [0.4, 0.5) is 32.0 Å². The normalized spacial score (nSPS) is 12.6. The van der Waals surface area contributed by atoms with E-state index in [9.17, 15) is 36.5 Å². The van der Waals surface area contributed by atoms with Crippen LogP contribution in [0.1, 0.15) is 11.1 Å². The van der Waals surface area contributed by atoms with Gasteiger partial charge in [-0.05, 0) is 0 Å². The second-order valence-electron chi connectivity index (χ2n) is 3.14. The van der Waals surface area contributed by atoms with Gasteiger partial charge in [-0.25, -0.2) is 0 Å². The predicted molar refractivity (Wildman–Crippen MR) is 44.8 cm³/mol. The second kappa shape index (κ2) is 4.03. The van der Waals surface area contributed by atoms with Crippen LogP contribution < -0.4 is 0 Å². The maximum absolute atomic E-state index is 12.4. The molecule has 0 bridgehead atoms. The summed E-state index contributed by atoms with van der Waals surface area (Å²) in [5.74, 6) is -1.84. The Bertz CT molecular complexity index is 493. The van der Waals surface area contributed by atoms with Crippen LogP contribution >= 0.6 is 0 Å². The number of nitrogens with zero attached hydrogens (tertiary/aromatic N) is 1. The molecule has 0 saturated heterocycles. The molecule has 0 fully saturated rings. The smallest absolute Gasteiger partial charge is 0.420 e. The minimum absolute atomic E-state index is 0.0120. The molecule has 1 aromatic rings. The number of phenolic OH excluding ortho intramolecular Hbond substituents is 1. The van der Waals surface area contributed by atoms with Crippen molar-refractivity contribution in [3.8, 4) is 5.75 Å². The largest absolute Gasteiger partial charge is 0.507 e. The molecule has 100 valence electrons. The van der Waals surface area contributed by atoms with Crippen LogP contribution in [0.3, 0.4) is 0 Å². The van der Waals surface area contributed by atoms with Gasteiger partial charge in [-0.1, -0.05) is 0 Å². The van der Waals surface area contributed by atoms with Gasteiger partial charge in [-0.15, -0.1) is 0 Å². The zero-order valence-electron chi connectivity index (χ0n) is 8.13. The molecule has 1 N–H and O–H groups in total. The summed E-state index contributed by atoms with van der Waals surface area (Å²) in [6, 6.07) is -0.263. The van der Waals surface area contributed by atoms with Gasteiger partial charge in [0.05, 0.1) is 16.6 Å². The van der Waals surface area contributed by atoms with E-state index in [0.29, 0.717) is 0 Å². The van der Waals surface area contributed by atoms with Crippen LogP contribution in [0.2, 0.25) is 0 Å². The van der Waals surface area contributed by atoms with Gasteiger partial charge in [0.2, 0.25) is 0 Å².